The molecule has 0 aliphatic heterocycles. The second-order valence-electron chi connectivity index (χ2n) is 1.11. The maximum absolute atomic E-state index is 4.36. The highest BCUT2D eigenvalue weighted by molar-refractivity contribution is 7.96. The standard InChI is InChI=1S/C3H7N2S2/c1-5(2)7-4-3-6/h1-2H3,(H,4,6). The van der Waals surface area contributed by atoms with Crippen LogP contribution in [0.1, 0.15) is 0 Å². The molecule has 0 atom stereocenters. The Labute approximate surface area is 53.5 Å². The van der Waals surface area contributed by atoms with Crippen molar-refractivity contribution in [3.8, 4) is 0 Å². The van der Waals surface area contributed by atoms with Gasteiger partial charge in [0.1, 0.15) is 5.49 Å². The van der Waals surface area contributed by atoms with Gasteiger partial charge in [-0.25, -0.2) is 4.31 Å². The molecule has 4 heteroatoms. The third-order valence-electron chi connectivity index (χ3n) is 0.270. The number of nitrogens with zero attached hydrogens (tertiary/aromatic N) is 1. The van der Waals surface area contributed by atoms with Crippen molar-refractivity contribution in [2.45, 2.75) is 0 Å². The van der Waals surface area contributed by atoms with Crippen LogP contribution in [0.15, 0.2) is 0 Å². The van der Waals surface area contributed by atoms with Crippen molar-refractivity contribution in [3.05, 3.63) is 0 Å². The summed E-state index contributed by atoms with van der Waals surface area (Å²) < 4.78 is 4.54. The van der Waals surface area contributed by atoms with Crippen LogP contribution in [-0.2, 0) is 0 Å². The van der Waals surface area contributed by atoms with E-state index in [9.17, 15) is 0 Å². The fourth-order valence-electron chi connectivity index (χ4n) is 0.110. The SMILES string of the molecule is CN(C)SN[C]=S. The monoisotopic (exact) mass is 135 g/mol. The third kappa shape index (κ3) is 6.20. The number of thiocarbonyl (C=S) groups is 1. The van der Waals surface area contributed by atoms with Gasteiger partial charge in [0.05, 0.1) is 0 Å². The molecule has 0 saturated carbocycles. The summed E-state index contributed by atoms with van der Waals surface area (Å²) in [5, 5.41) is 0. The van der Waals surface area contributed by atoms with Crippen molar-refractivity contribution in [1.82, 2.24) is 9.03 Å². The topological polar surface area (TPSA) is 15.3 Å². The van der Waals surface area contributed by atoms with Gasteiger partial charge in [-0.15, -0.1) is 0 Å². The molecule has 7 heavy (non-hydrogen) atoms. The summed E-state index contributed by atoms with van der Waals surface area (Å²) in [5.41, 5.74) is 2.35. The van der Waals surface area contributed by atoms with Gasteiger partial charge in [-0.2, -0.15) is 0 Å². The van der Waals surface area contributed by atoms with E-state index in [-0.39, 0.29) is 0 Å². The van der Waals surface area contributed by atoms with E-state index in [0.717, 1.165) is 0 Å². The minimum Gasteiger partial charge on any atom is -0.305 e. The molecule has 1 radical (unpaired) electrons. The summed E-state index contributed by atoms with van der Waals surface area (Å²) in [5.74, 6) is 0. The minimum atomic E-state index is 1.40. The van der Waals surface area contributed by atoms with E-state index in [2.05, 4.69) is 22.4 Å². The van der Waals surface area contributed by atoms with E-state index in [1.54, 1.807) is 0 Å². The zero-order valence-corrected chi connectivity index (χ0v) is 5.90. The molecule has 41 valence electrons. The molecule has 0 bridgehead atoms. The maximum Gasteiger partial charge on any atom is 0.145 e. The lowest BCUT2D eigenvalue weighted by molar-refractivity contribution is 0.701. The van der Waals surface area contributed by atoms with Crippen LogP contribution in [0.4, 0.5) is 0 Å². The van der Waals surface area contributed by atoms with Crippen LogP contribution in [0.2, 0.25) is 0 Å². The third-order valence-corrected chi connectivity index (χ3v) is 1.06. The van der Waals surface area contributed by atoms with Gasteiger partial charge < -0.3 is 4.72 Å². The van der Waals surface area contributed by atoms with E-state index < -0.39 is 0 Å². The molecule has 2 nitrogen and oxygen atoms in total. The molecule has 1 N–H and O–H groups in total. The molecule has 0 aliphatic rings. The molecular formula is C3H7N2S2. The van der Waals surface area contributed by atoms with Crippen LogP contribution >= 0.6 is 24.4 Å². The predicted octanol–water partition coefficient (Wildman–Crippen LogP) is 0.535. The highest BCUT2D eigenvalue weighted by Crippen LogP contribution is 1.91. The van der Waals surface area contributed by atoms with E-state index >= 15 is 0 Å². The average molecular weight is 135 g/mol. The van der Waals surface area contributed by atoms with E-state index in [4.69, 9.17) is 0 Å². The largest absolute Gasteiger partial charge is 0.305 e. The van der Waals surface area contributed by atoms with Gasteiger partial charge in [0.25, 0.3) is 0 Å². The van der Waals surface area contributed by atoms with Crippen molar-refractivity contribution in [2.24, 2.45) is 0 Å². The molecule has 0 aromatic carbocycles. The van der Waals surface area contributed by atoms with E-state index in [1.165, 1.54) is 12.1 Å². The summed E-state index contributed by atoms with van der Waals surface area (Å²) in [6, 6.07) is 0. The second kappa shape index (κ2) is 4.36. The zero-order chi connectivity index (χ0) is 5.70. The Morgan fingerprint density at radius 2 is 2.29 bits per heavy atom. The smallest absolute Gasteiger partial charge is 0.145 e. The second-order valence-corrected chi connectivity index (χ2v) is 2.43. The van der Waals surface area contributed by atoms with E-state index in [1.807, 2.05) is 18.4 Å². The Morgan fingerprint density at radius 1 is 1.71 bits per heavy atom. The first-order chi connectivity index (χ1) is 3.27. The first-order valence-corrected chi connectivity index (χ1v) is 2.92. The van der Waals surface area contributed by atoms with Gasteiger partial charge in [-0.3, -0.25) is 0 Å². The van der Waals surface area contributed by atoms with Crippen LogP contribution in [0.3, 0.4) is 0 Å². The summed E-state index contributed by atoms with van der Waals surface area (Å²) in [4.78, 5) is 0. The Morgan fingerprint density at radius 3 is 2.43 bits per heavy atom. The van der Waals surface area contributed by atoms with Gasteiger partial charge in [-0.1, -0.05) is 12.2 Å². The van der Waals surface area contributed by atoms with Gasteiger partial charge in [0.15, 0.2) is 0 Å². The van der Waals surface area contributed by atoms with Crippen molar-refractivity contribution >= 4 is 29.8 Å². The lowest BCUT2D eigenvalue weighted by atomic mass is 11.3. The maximum atomic E-state index is 4.36. The molecule has 0 spiro atoms. The van der Waals surface area contributed by atoms with Crippen LogP contribution in [0.25, 0.3) is 0 Å². The molecule has 0 fully saturated rings. The Hall–Kier alpha value is 0.200. The first-order valence-electron chi connectivity index (χ1n) is 1.74. The minimum absolute atomic E-state index is 1.40. The Kier molecular flexibility index (Phi) is 4.49. The summed E-state index contributed by atoms with van der Waals surface area (Å²) in [6.07, 6.45) is 0. The lowest BCUT2D eigenvalue weighted by Crippen LogP contribution is -2.08. The molecule has 0 aromatic rings. The van der Waals surface area contributed by atoms with Gasteiger partial charge >= 0.3 is 0 Å². The number of hydrogen-bond donors (Lipinski definition) is 1. The lowest BCUT2D eigenvalue weighted by Gasteiger charge is -2.03. The zero-order valence-electron chi connectivity index (χ0n) is 4.26. The summed E-state index contributed by atoms with van der Waals surface area (Å²) in [7, 11) is 3.84. The van der Waals surface area contributed by atoms with Gasteiger partial charge in [-0.05, 0) is 14.1 Å². The van der Waals surface area contributed by atoms with Crippen molar-refractivity contribution < 1.29 is 0 Å². The van der Waals surface area contributed by atoms with E-state index in [0.29, 0.717) is 0 Å². The van der Waals surface area contributed by atoms with Gasteiger partial charge in [0, 0.05) is 12.1 Å². The highest BCUT2D eigenvalue weighted by atomic mass is 32.2. The number of hydrogen-bond acceptors (Lipinski definition) is 3. The average Bonchev–Trinajstić information content (AvgIpc) is 1.61. The molecule has 0 amide bonds. The van der Waals surface area contributed by atoms with Crippen molar-refractivity contribution in [2.75, 3.05) is 14.1 Å². The Bertz CT molecular complexity index is 54.9. The Balaban J connectivity index is 2.81. The number of nitrogens with one attached hydrogen (secondary N) is 1. The van der Waals surface area contributed by atoms with Crippen LogP contribution in [0.5, 0.6) is 0 Å². The quantitative estimate of drug-likeness (QED) is 0.345. The fourth-order valence-corrected chi connectivity index (χ4v) is 0.442. The molecule has 0 saturated heterocycles. The summed E-state index contributed by atoms with van der Waals surface area (Å²) in [6.45, 7) is 0. The molecule has 0 heterocycles. The normalized spacial score (nSPS) is 9.00. The molecule has 0 unspecified atom stereocenters. The molecule has 0 aromatic heterocycles. The van der Waals surface area contributed by atoms with Crippen LogP contribution < -0.4 is 4.72 Å². The van der Waals surface area contributed by atoms with Crippen LogP contribution in [0, 0.1) is 0 Å². The molecule has 0 rings (SSSR count). The highest BCUT2D eigenvalue weighted by Gasteiger charge is 1.81. The van der Waals surface area contributed by atoms with Crippen molar-refractivity contribution in [1.29, 1.82) is 0 Å². The number of rotatable bonds is 3. The summed E-state index contributed by atoms with van der Waals surface area (Å²) >= 11 is 5.76. The predicted molar refractivity (Wildman–Crippen MR) is 37.0 cm³/mol. The van der Waals surface area contributed by atoms with Crippen LogP contribution in [-0.4, -0.2) is 23.9 Å². The molecular weight excluding hydrogens is 128 g/mol. The van der Waals surface area contributed by atoms with Crippen molar-refractivity contribution in [3.63, 3.8) is 0 Å². The molecule has 0 aliphatic carbocycles. The fraction of sp³-hybridized carbons (Fsp3) is 0.667. The first kappa shape index (κ1) is 7.20. The van der Waals surface area contributed by atoms with Gasteiger partial charge in [0.2, 0.25) is 0 Å².